The molecule has 0 saturated heterocycles. The van der Waals surface area contributed by atoms with E-state index in [9.17, 15) is 13.2 Å². The van der Waals surface area contributed by atoms with Gasteiger partial charge in [0.05, 0.1) is 17.4 Å². The Labute approximate surface area is 148 Å². The Morgan fingerprint density at radius 1 is 0.923 bits per heavy atom. The van der Waals surface area contributed by atoms with Gasteiger partial charge in [-0.15, -0.1) is 5.10 Å². The summed E-state index contributed by atoms with van der Waals surface area (Å²) in [7, 11) is 0. The molecule has 0 fully saturated rings. The van der Waals surface area contributed by atoms with E-state index in [-0.39, 0.29) is 11.6 Å². The lowest BCUT2D eigenvalue weighted by Gasteiger charge is -2.13. The summed E-state index contributed by atoms with van der Waals surface area (Å²) in [6, 6.07) is 15.0. The van der Waals surface area contributed by atoms with Crippen molar-refractivity contribution in [1.29, 1.82) is 0 Å². The smallest absolute Gasteiger partial charge is 0.368 e. The molecule has 0 radical (unpaired) electrons. The Morgan fingerprint density at radius 2 is 1.65 bits per heavy atom. The highest BCUT2D eigenvalue weighted by atomic mass is 19.4. The number of anilines is 3. The second kappa shape index (κ2) is 7.81. The van der Waals surface area contributed by atoms with Gasteiger partial charge in [0.2, 0.25) is 5.95 Å². The van der Waals surface area contributed by atoms with Crippen LogP contribution in [0.3, 0.4) is 0 Å². The number of hydrogen-bond acceptors (Lipinski definition) is 5. The summed E-state index contributed by atoms with van der Waals surface area (Å²) in [6.07, 6.45) is -2.26. The van der Waals surface area contributed by atoms with Crippen LogP contribution >= 0.6 is 0 Å². The van der Waals surface area contributed by atoms with Gasteiger partial charge in [-0.3, -0.25) is 0 Å². The fraction of sp³-hybridized carbons (Fsp3) is 0.167. The van der Waals surface area contributed by atoms with Gasteiger partial charge in [0, 0.05) is 6.54 Å². The molecule has 5 nitrogen and oxygen atoms in total. The molecular formula is C18H16F3N5. The molecule has 1 heterocycles. The van der Waals surface area contributed by atoms with Gasteiger partial charge in [-0.05, 0) is 24.1 Å². The maximum Gasteiger partial charge on any atom is 0.418 e. The average Bonchev–Trinajstić information content (AvgIpc) is 2.63. The minimum atomic E-state index is -4.47. The Morgan fingerprint density at radius 3 is 2.42 bits per heavy atom. The van der Waals surface area contributed by atoms with Crippen LogP contribution < -0.4 is 10.6 Å². The lowest BCUT2D eigenvalue weighted by molar-refractivity contribution is -0.136. The van der Waals surface area contributed by atoms with E-state index in [0.717, 1.165) is 12.5 Å². The number of para-hydroxylation sites is 1. The molecular weight excluding hydrogens is 343 g/mol. The molecule has 3 rings (SSSR count). The first-order valence-electron chi connectivity index (χ1n) is 7.93. The molecule has 1 aromatic heterocycles. The zero-order valence-electron chi connectivity index (χ0n) is 13.7. The molecule has 8 heteroatoms. The van der Waals surface area contributed by atoms with E-state index in [4.69, 9.17) is 0 Å². The van der Waals surface area contributed by atoms with E-state index >= 15 is 0 Å². The second-order valence-corrected chi connectivity index (χ2v) is 5.50. The van der Waals surface area contributed by atoms with Crippen LogP contribution in [0.15, 0.2) is 60.8 Å². The van der Waals surface area contributed by atoms with Gasteiger partial charge in [0.15, 0.2) is 5.82 Å². The van der Waals surface area contributed by atoms with Gasteiger partial charge in [0.1, 0.15) is 0 Å². The maximum atomic E-state index is 13.0. The van der Waals surface area contributed by atoms with Crippen molar-refractivity contribution in [2.75, 3.05) is 17.2 Å². The Balaban J connectivity index is 1.67. The van der Waals surface area contributed by atoms with E-state index in [1.165, 1.54) is 30.0 Å². The third-order valence-electron chi connectivity index (χ3n) is 3.60. The first-order valence-corrected chi connectivity index (χ1v) is 7.93. The topological polar surface area (TPSA) is 62.7 Å². The van der Waals surface area contributed by atoms with Crippen molar-refractivity contribution < 1.29 is 13.2 Å². The number of halogens is 3. The van der Waals surface area contributed by atoms with Crippen molar-refractivity contribution in [3.63, 3.8) is 0 Å². The fourth-order valence-electron chi connectivity index (χ4n) is 2.38. The monoisotopic (exact) mass is 359 g/mol. The average molecular weight is 359 g/mol. The maximum absolute atomic E-state index is 13.0. The molecule has 134 valence electrons. The molecule has 0 aliphatic carbocycles. The molecule has 0 atom stereocenters. The van der Waals surface area contributed by atoms with Crippen LogP contribution in [0.1, 0.15) is 11.1 Å². The quantitative estimate of drug-likeness (QED) is 0.687. The van der Waals surface area contributed by atoms with Crippen molar-refractivity contribution >= 4 is 17.5 Å². The number of hydrogen-bond donors (Lipinski definition) is 2. The Kier molecular flexibility index (Phi) is 5.31. The highest BCUT2D eigenvalue weighted by Gasteiger charge is 2.33. The number of aromatic nitrogens is 3. The first-order chi connectivity index (χ1) is 12.5. The number of rotatable bonds is 6. The predicted octanol–water partition coefficient (Wildman–Crippen LogP) is 4.29. The first kappa shape index (κ1) is 17.7. The molecule has 0 aliphatic heterocycles. The molecule has 0 bridgehead atoms. The molecule has 0 saturated carbocycles. The van der Waals surface area contributed by atoms with E-state index in [0.29, 0.717) is 12.4 Å². The third kappa shape index (κ3) is 4.69. The minimum Gasteiger partial charge on any atom is -0.368 e. The van der Waals surface area contributed by atoms with E-state index in [1.54, 1.807) is 0 Å². The fourth-order valence-corrected chi connectivity index (χ4v) is 2.38. The van der Waals surface area contributed by atoms with E-state index < -0.39 is 11.7 Å². The zero-order valence-corrected chi connectivity index (χ0v) is 13.7. The molecule has 2 aromatic carbocycles. The summed E-state index contributed by atoms with van der Waals surface area (Å²) >= 11 is 0. The van der Waals surface area contributed by atoms with Crippen LogP contribution in [-0.4, -0.2) is 21.7 Å². The zero-order chi connectivity index (χ0) is 18.4. The predicted molar refractivity (Wildman–Crippen MR) is 93.2 cm³/mol. The minimum absolute atomic E-state index is 0.00795. The molecule has 0 unspecified atom stereocenters. The van der Waals surface area contributed by atoms with Crippen LogP contribution in [0.5, 0.6) is 0 Å². The van der Waals surface area contributed by atoms with Gasteiger partial charge in [-0.25, -0.2) is 0 Å². The summed E-state index contributed by atoms with van der Waals surface area (Å²) in [5.74, 6) is 0.425. The van der Waals surface area contributed by atoms with Crippen molar-refractivity contribution in [1.82, 2.24) is 15.2 Å². The highest BCUT2D eigenvalue weighted by molar-refractivity contribution is 5.59. The lowest BCUT2D eigenvalue weighted by atomic mass is 10.1. The SMILES string of the molecule is FC(F)(F)c1ccccc1Nc1nncc(NCCc2ccccc2)n1. The van der Waals surface area contributed by atoms with Crippen LogP contribution in [0.2, 0.25) is 0 Å². The summed E-state index contributed by atoms with van der Waals surface area (Å²) in [5, 5.41) is 13.2. The van der Waals surface area contributed by atoms with Crippen molar-refractivity contribution in [2.45, 2.75) is 12.6 Å². The van der Waals surface area contributed by atoms with Crippen molar-refractivity contribution in [2.24, 2.45) is 0 Å². The highest BCUT2D eigenvalue weighted by Crippen LogP contribution is 2.35. The van der Waals surface area contributed by atoms with Gasteiger partial charge < -0.3 is 10.6 Å². The Hall–Kier alpha value is -3.16. The molecule has 26 heavy (non-hydrogen) atoms. The molecule has 3 aromatic rings. The summed E-state index contributed by atoms with van der Waals surface area (Å²) < 4.78 is 39.1. The normalized spacial score (nSPS) is 11.2. The molecule has 0 spiro atoms. The summed E-state index contributed by atoms with van der Waals surface area (Å²) in [5.41, 5.74) is 0.258. The summed E-state index contributed by atoms with van der Waals surface area (Å²) in [6.45, 7) is 0.612. The summed E-state index contributed by atoms with van der Waals surface area (Å²) in [4.78, 5) is 4.16. The van der Waals surface area contributed by atoms with Crippen LogP contribution in [0.25, 0.3) is 0 Å². The van der Waals surface area contributed by atoms with Crippen LogP contribution in [0.4, 0.5) is 30.6 Å². The second-order valence-electron chi connectivity index (χ2n) is 5.50. The van der Waals surface area contributed by atoms with Gasteiger partial charge in [-0.1, -0.05) is 42.5 Å². The molecule has 0 aliphatic rings. The number of alkyl halides is 3. The van der Waals surface area contributed by atoms with Crippen LogP contribution in [-0.2, 0) is 12.6 Å². The third-order valence-corrected chi connectivity index (χ3v) is 3.60. The number of nitrogens with one attached hydrogen (secondary N) is 2. The van der Waals surface area contributed by atoms with Crippen LogP contribution in [0, 0.1) is 0 Å². The van der Waals surface area contributed by atoms with Gasteiger partial charge in [-0.2, -0.15) is 23.3 Å². The van der Waals surface area contributed by atoms with E-state index in [1.807, 2.05) is 30.3 Å². The largest absolute Gasteiger partial charge is 0.418 e. The van der Waals surface area contributed by atoms with Crippen molar-refractivity contribution in [3.8, 4) is 0 Å². The standard InChI is InChI=1S/C18H16F3N5/c19-18(20,21)14-8-4-5-9-15(14)24-17-25-16(12-23-26-17)22-11-10-13-6-2-1-3-7-13/h1-9,12H,10-11H2,(H2,22,24,25,26). The number of nitrogens with zero attached hydrogens (tertiary/aromatic N) is 3. The van der Waals surface area contributed by atoms with E-state index in [2.05, 4.69) is 25.8 Å². The van der Waals surface area contributed by atoms with Gasteiger partial charge in [0.25, 0.3) is 0 Å². The molecule has 2 N–H and O–H groups in total. The Bertz CT molecular complexity index is 853. The number of benzene rings is 2. The van der Waals surface area contributed by atoms with Gasteiger partial charge >= 0.3 is 6.18 Å². The molecule has 0 amide bonds. The van der Waals surface area contributed by atoms with Crippen molar-refractivity contribution in [3.05, 3.63) is 71.9 Å². The lowest BCUT2D eigenvalue weighted by Crippen LogP contribution is -2.11.